The van der Waals surface area contributed by atoms with Crippen LogP contribution >= 0.6 is 11.3 Å². The average Bonchev–Trinajstić information content (AvgIpc) is 2.55. The van der Waals surface area contributed by atoms with Gasteiger partial charge in [-0.2, -0.15) is 0 Å². The maximum atomic E-state index is 10.2. The first-order valence-corrected chi connectivity index (χ1v) is 4.89. The average molecular weight is 201 g/mol. The van der Waals surface area contributed by atoms with E-state index >= 15 is 0 Å². The summed E-state index contributed by atoms with van der Waals surface area (Å²) in [5.74, 6) is -0.740. The van der Waals surface area contributed by atoms with Crippen LogP contribution in [-0.4, -0.2) is 27.8 Å². The summed E-state index contributed by atoms with van der Waals surface area (Å²) < 4.78 is 0. The lowest BCUT2D eigenvalue weighted by molar-refractivity contribution is -0.137. The molecule has 0 aromatic carbocycles. The van der Waals surface area contributed by atoms with E-state index in [9.17, 15) is 4.79 Å². The standard InChI is InChI=1S/C7H11N3O2S/c11-6(12)3-1-2-4-8-7-10-9-5-13-7/h5H,1-4H2,(H,8,10)(H,11,12). The Balaban J connectivity index is 1.99. The van der Waals surface area contributed by atoms with Gasteiger partial charge in [0.25, 0.3) is 0 Å². The van der Waals surface area contributed by atoms with E-state index in [0.29, 0.717) is 6.42 Å². The molecule has 72 valence electrons. The molecule has 0 fully saturated rings. The number of anilines is 1. The molecule has 0 aliphatic carbocycles. The number of aliphatic carboxylic acids is 1. The van der Waals surface area contributed by atoms with Gasteiger partial charge in [-0.1, -0.05) is 11.3 Å². The quantitative estimate of drug-likeness (QED) is 0.676. The topological polar surface area (TPSA) is 75.1 Å². The summed E-state index contributed by atoms with van der Waals surface area (Å²) in [7, 11) is 0. The lowest BCUT2D eigenvalue weighted by Crippen LogP contribution is -2.02. The Kier molecular flexibility index (Phi) is 4.17. The van der Waals surface area contributed by atoms with E-state index < -0.39 is 5.97 Å². The molecule has 1 aromatic rings. The van der Waals surface area contributed by atoms with Crippen molar-refractivity contribution in [2.45, 2.75) is 19.3 Å². The highest BCUT2D eigenvalue weighted by Gasteiger charge is 1.97. The maximum Gasteiger partial charge on any atom is 0.303 e. The second-order valence-electron chi connectivity index (χ2n) is 2.52. The normalized spacial score (nSPS) is 9.85. The summed E-state index contributed by atoms with van der Waals surface area (Å²) >= 11 is 1.44. The fourth-order valence-corrected chi connectivity index (χ4v) is 1.32. The van der Waals surface area contributed by atoms with Crippen LogP contribution < -0.4 is 5.32 Å². The minimum Gasteiger partial charge on any atom is -0.481 e. The molecule has 0 radical (unpaired) electrons. The van der Waals surface area contributed by atoms with Crippen molar-refractivity contribution in [1.29, 1.82) is 0 Å². The third-order valence-corrected chi connectivity index (χ3v) is 2.10. The van der Waals surface area contributed by atoms with Crippen LogP contribution in [0.25, 0.3) is 0 Å². The molecule has 1 aromatic heterocycles. The van der Waals surface area contributed by atoms with Gasteiger partial charge in [-0.15, -0.1) is 10.2 Å². The van der Waals surface area contributed by atoms with Crippen LogP contribution in [-0.2, 0) is 4.79 Å². The molecule has 0 unspecified atom stereocenters. The molecule has 6 heteroatoms. The van der Waals surface area contributed by atoms with E-state index in [-0.39, 0.29) is 6.42 Å². The zero-order valence-electron chi connectivity index (χ0n) is 7.06. The van der Waals surface area contributed by atoms with Crippen molar-refractivity contribution in [3.05, 3.63) is 5.51 Å². The Bertz CT molecular complexity index is 250. The summed E-state index contributed by atoms with van der Waals surface area (Å²) in [5.41, 5.74) is 1.65. The van der Waals surface area contributed by atoms with E-state index in [2.05, 4.69) is 15.5 Å². The monoisotopic (exact) mass is 201 g/mol. The molecule has 0 amide bonds. The molecular weight excluding hydrogens is 190 g/mol. The number of nitrogens with one attached hydrogen (secondary N) is 1. The highest BCUT2D eigenvalue weighted by atomic mass is 32.1. The molecule has 0 atom stereocenters. The van der Waals surface area contributed by atoms with Crippen molar-refractivity contribution in [2.24, 2.45) is 0 Å². The number of nitrogens with zero attached hydrogens (tertiary/aromatic N) is 2. The highest BCUT2D eigenvalue weighted by molar-refractivity contribution is 7.13. The van der Waals surface area contributed by atoms with Gasteiger partial charge in [0.2, 0.25) is 5.13 Å². The Morgan fingerprint density at radius 3 is 3.08 bits per heavy atom. The third-order valence-electron chi connectivity index (χ3n) is 1.45. The van der Waals surface area contributed by atoms with Crippen molar-refractivity contribution in [2.75, 3.05) is 11.9 Å². The van der Waals surface area contributed by atoms with Gasteiger partial charge in [0.15, 0.2) is 0 Å². The molecule has 0 saturated heterocycles. The van der Waals surface area contributed by atoms with Crippen LogP contribution in [0.2, 0.25) is 0 Å². The van der Waals surface area contributed by atoms with Gasteiger partial charge in [-0.3, -0.25) is 4.79 Å². The predicted octanol–water partition coefficient (Wildman–Crippen LogP) is 1.20. The zero-order valence-corrected chi connectivity index (χ0v) is 7.88. The largest absolute Gasteiger partial charge is 0.481 e. The molecular formula is C7H11N3O2S. The Morgan fingerprint density at radius 2 is 2.46 bits per heavy atom. The zero-order chi connectivity index (χ0) is 9.52. The number of unbranched alkanes of at least 4 members (excludes halogenated alkanes) is 1. The number of carboxylic acid groups (broad SMARTS) is 1. The van der Waals surface area contributed by atoms with E-state index in [1.54, 1.807) is 5.51 Å². The van der Waals surface area contributed by atoms with Gasteiger partial charge in [-0.25, -0.2) is 0 Å². The molecule has 0 bridgehead atoms. The first-order valence-electron chi connectivity index (χ1n) is 4.01. The first-order chi connectivity index (χ1) is 6.29. The van der Waals surface area contributed by atoms with Crippen LogP contribution in [0.1, 0.15) is 19.3 Å². The number of rotatable bonds is 6. The minimum atomic E-state index is -0.740. The molecule has 0 saturated carbocycles. The SMILES string of the molecule is O=C(O)CCCCNc1nncs1. The lowest BCUT2D eigenvalue weighted by atomic mass is 10.2. The highest BCUT2D eigenvalue weighted by Crippen LogP contribution is 2.07. The first kappa shape index (κ1) is 9.91. The summed E-state index contributed by atoms with van der Waals surface area (Å²) in [5, 5.41) is 19.6. The van der Waals surface area contributed by atoms with Crippen LogP contribution in [0.3, 0.4) is 0 Å². The smallest absolute Gasteiger partial charge is 0.303 e. The Hall–Kier alpha value is -1.17. The van der Waals surface area contributed by atoms with Crippen molar-refractivity contribution in [3.8, 4) is 0 Å². The van der Waals surface area contributed by atoms with Crippen molar-refractivity contribution < 1.29 is 9.90 Å². The lowest BCUT2D eigenvalue weighted by Gasteiger charge is -1.99. The fraction of sp³-hybridized carbons (Fsp3) is 0.571. The number of carbonyl (C=O) groups is 1. The number of aromatic nitrogens is 2. The van der Waals surface area contributed by atoms with Crippen LogP contribution in [0.5, 0.6) is 0 Å². The van der Waals surface area contributed by atoms with E-state index in [4.69, 9.17) is 5.11 Å². The van der Waals surface area contributed by atoms with Crippen LogP contribution in [0.4, 0.5) is 5.13 Å². The van der Waals surface area contributed by atoms with E-state index in [1.807, 2.05) is 0 Å². The van der Waals surface area contributed by atoms with Crippen molar-refractivity contribution in [1.82, 2.24) is 10.2 Å². The molecule has 2 N–H and O–H groups in total. The molecule has 0 spiro atoms. The fourth-order valence-electron chi connectivity index (χ4n) is 0.847. The van der Waals surface area contributed by atoms with E-state index in [1.165, 1.54) is 11.3 Å². The second-order valence-corrected chi connectivity index (χ2v) is 3.35. The molecule has 1 rings (SSSR count). The molecule has 5 nitrogen and oxygen atoms in total. The minimum absolute atomic E-state index is 0.234. The number of carboxylic acids is 1. The number of hydrogen-bond acceptors (Lipinski definition) is 5. The molecule has 0 aliphatic heterocycles. The van der Waals surface area contributed by atoms with Gasteiger partial charge in [0.1, 0.15) is 5.51 Å². The van der Waals surface area contributed by atoms with Gasteiger partial charge < -0.3 is 10.4 Å². The summed E-state index contributed by atoms with van der Waals surface area (Å²) in [4.78, 5) is 10.2. The molecule has 13 heavy (non-hydrogen) atoms. The maximum absolute atomic E-state index is 10.2. The van der Waals surface area contributed by atoms with E-state index in [0.717, 1.165) is 18.1 Å². The Labute approximate surface area is 79.8 Å². The van der Waals surface area contributed by atoms with Gasteiger partial charge in [0, 0.05) is 13.0 Å². The van der Waals surface area contributed by atoms with Crippen molar-refractivity contribution >= 4 is 22.4 Å². The third kappa shape index (κ3) is 4.41. The van der Waals surface area contributed by atoms with Gasteiger partial charge >= 0.3 is 5.97 Å². The van der Waals surface area contributed by atoms with Crippen LogP contribution in [0, 0.1) is 0 Å². The second kappa shape index (κ2) is 5.47. The Morgan fingerprint density at radius 1 is 1.62 bits per heavy atom. The molecule has 0 aliphatic rings. The van der Waals surface area contributed by atoms with Crippen molar-refractivity contribution in [3.63, 3.8) is 0 Å². The summed E-state index contributed by atoms with van der Waals surface area (Å²) in [6.07, 6.45) is 1.77. The summed E-state index contributed by atoms with van der Waals surface area (Å²) in [6.45, 7) is 0.752. The van der Waals surface area contributed by atoms with Gasteiger partial charge in [0.05, 0.1) is 0 Å². The molecule has 1 heterocycles. The van der Waals surface area contributed by atoms with Crippen LogP contribution in [0.15, 0.2) is 5.51 Å². The predicted molar refractivity (Wildman–Crippen MR) is 49.9 cm³/mol. The number of hydrogen-bond donors (Lipinski definition) is 2. The summed E-state index contributed by atoms with van der Waals surface area (Å²) in [6, 6.07) is 0. The van der Waals surface area contributed by atoms with Gasteiger partial charge in [-0.05, 0) is 12.8 Å².